The molecule has 0 aromatic carbocycles. The van der Waals surface area contributed by atoms with Crippen molar-refractivity contribution in [3.05, 3.63) is 23.3 Å². The number of halogens is 3. The topological polar surface area (TPSA) is 62.7 Å². The lowest BCUT2D eigenvalue weighted by Gasteiger charge is -2.06. The summed E-state index contributed by atoms with van der Waals surface area (Å²) in [4.78, 5) is 3.20. The van der Waals surface area contributed by atoms with Crippen molar-refractivity contribution >= 4 is 5.69 Å². The molecule has 14 heavy (non-hydrogen) atoms. The third-order valence-electron chi connectivity index (χ3n) is 1.58. The molecule has 0 aliphatic heterocycles. The van der Waals surface area contributed by atoms with Crippen LogP contribution in [0.25, 0.3) is 0 Å². The second-order valence-electron chi connectivity index (χ2n) is 2.54. The van der Waals surface area contributed by atoms with E-state index in [4.69, 9.17) is 11.0 Å². The molecule has 0 radical (unpaired) electrons. The summed E-state index contributed by atoms with van der Waals surface area (Å²) in [5.74, 6) is -1.31. The number of anilines is 1. The minimum atomic E-state index is -3.00. The number of nitrogens with two attached hydrogens (primary N) is 1. The van der Waals surface area contributed by atoms with Crippen LogP contribution in [0.5, 0.6) is 0 Å². The molecule has 0 aliphatic carbocycles. The van der Waals surface area contributed by atoms with E-state index in [1.54, 1.807) is 6.07 Å². The van der Waals surface area contributed by atoms with Gasteiger partial charge in [0, 0.05) is 5.69 Å². The number of nitrogens with zero attached hydrogens (tertiary/aromatic N) is 2. The molecule has 1 heterocycles. The second kappa shape index (κ2) is 3.96. The van der Waals surface area contributed by atoms with Crippen LogP contribution >= 0.6 is 0 Å². The van der Waals surface area contributed by atoms with Crippen LogP contribution in [0.3, 0.4) is 0 Å². The molecule has 1 aromatic rings. The number of aromatic nitrogens is 1. The highest BCUT2D eigenvalue weighted by Gasteiger charge is 2.19. The van der Waals surface area contributed by atoms with Gasteiger partial charge in [0.15, 0.2) is 0 Å². The lowest BCUT2D eigenvalue weighted by Crippen LogP contribution is -2.04. The van der Waals surface area contributed by atoms with Crippen molar-refractivity contribution < 1.29 is 13.2 Å². The van der Waals surface area contributed by atoms with Crippen LogP contribution in [0.15, 0.2) is 6.07 Å². The summed E-state index contributed by atoms with van der Waals surface area (Å²) in [5.41, 5.74) is 3.94. The number of nitrogen functional groups attached to an aromatic ring is 1. The van der Waals surface area contributed by atoms with E-state index in [2.05, 4.69) is 4.98 Å². The summed E-state index contributed by atoms with van der Waals surface area (Å²) in [5, 5.41) is 8.28. The van der Waals surface area contributed by atoms with Gasteiger partial charge in [-0.1, -0.05) is 0 Å². The molecule has 0 amide bonds. The Labute approximate surface area is 78.0 Å². The predicted octanol–water partition coefficient (Wildman–Crippen LogP) is 1.81. The molecule has 0 aliphatic rings. The first-order chi connectivity index (χ1) is 6.56. The third kappa shape index (κ3) is 1.93. The Balaban J connectivity index is 3.19. The van der Waals surface area contributed by atoms with Crippen molar-refractivity contribution in [1.29, 1.82) is 5.26 Å². The van der Waals surface area contributed by atoms with Gasteiger partial charge < -0.3 is 5.73 Å². The van der Waals surface area contributed by atoms with Crippen molar-refractivity contribution in [3.8, 4) is 6.07 Å². The van der Waals surface area contributed by atoms with Crippen LogP contribution in [-0.2, 0) is 6.42 Å². The van der Waals surface area contributed by atoms with Crippen LogP contribution < -0.4 is 5.73 Å². The average Bonchev–Trinajstić information content (AvgIpc) is 2.01. The van der Waals surface area contributed by atoms with Gasteiger partial charge in [0.2, 0.25) is 5.95 Å². The standard InChI is InChI=1S/C8H6F3N3/c9-7(10)6-5(13)3-4(1-2-12)14-8(6)11/h3,7H,1H2,(H2,13,14). The van der Waals surface area contributed by atoms with E-state index in [0.29, 0.717) is 0 Å². The molecule has 3 nitrogen and oxygen atoms in total. The molecule has 0 spiro atoms. The number of alkyl halides is 2. The maximum absolute atomic E-state index is 12.9. The predicted molar refractivity (Wildman–Crippen MR) is 42.9 cm³/mol. The number of nitriles is 1. The maximum atomic E-state index is 12.9. The van der Waals surface area contributed by atoms with Gasteiger partial charge in [0.05, 0.1) is 23.7 Å². The Morgan fingerprint density at radius 1 is 1.57 bits per heavy atom. The first-order valence-electron chi connectivity index (χ1n) is 3.66. The lowest BCUT2D eigenvalue weighted by molar-refractivity contribution is 0.146. The average molecular weight is 201 g/mol. The zero-order valence-corrected chi connectivity index (χ0v) is 6.97. The number of rotatable bonds is 2. The quantitative estimate of drug-likeness (QED) is 0.742. The fourth-order valence-corrected chi connectivity index (χ4v) is 0.983. The SMILES string of the molecule is N#CCc1cc(N)c(C(F)F)c(F)n1. The molecule has 0 bridgehead atoms. The Hall–Kier alpha value is -1.77. The molecule has 0 saturated heterocycles. The van der Waals surface area contributed by atoms with Gasteiger partial charge in [-0.3, -0.25) is 0 Å². The van der Waals surface area contributed by atoms with E-state index < -0.39 is 17.9 Å². The van der Waals surface area contributed by atoms with Gasteiger partial charge in [-0.15, -0.1) is 0 Å². The number of pyridine rings is 1. The van der Waals surface area contributed by atoms with Crippen molar-refractivity contribution in [2.45, 2.75) is 12.8 Å². The van der Waals surface area contributed by atoms with Gasteiger partial charge in [-0.25, -0.2) is 13.8 Å². The molecule has 0 atom stereocenters. The fourth-order valence-electron chi connectivity index (χ4n) is 0.983. The van der Waals surface area contributed by atoms with Crippen molar-refractivity contribution in [2.75, 3.05) is 5.73 Å². The Morgan fingerprint density at radius 3 is 2.64 bits per heavy atom. The highest BCUT2D eigenvalue weighted by molar-refractivity contribution is 5.48. The summed E-state index contributed by atoms with van der Waals surface area (Å²) >= 11 is 0. The van der Waals surface area contributed by atoms with Crippen LogP contribution in [0.4, 0.5) is 18.9 Å². The monoisotopic (exact) mass is 201 g/mol. The van der Waals surface area contributed by atoms with Gasteiger partial charge in [0.1, 0.15) is 0 Å². The van der Waals surface area contributed by atoms with E-state index in [-0.39, 0.29) is 17.8 Å². The molecule has 0 fully saturated rings. The lowest BCUT2D eigenvalue weighted by atomic mass is 10.2. The fraction of sp³-hybridized carbons (Fsp3) is 0.250. The first-order valence-corrected chi connectivity index (χ1v) is 3.66. The molecule has 6 heteroatoms. The highest BCUT2D eigenvalue weighted by atomic mass is 19.3. The van der Waals surface area contributed by atoms with Crippen LogP contribution in [0.1, 0.15) is 17.7 Å². The molecular weight excluding hydrogens is 195 g/mol. The van der Waals surface area contributed by atoms with Gasteiger partial charge in [0.25, 0.3) is 6.43 Å². The normalized spacial score (nSPS) is 10.2. The minimum Gasteiger partial charge on any atom is -0.398 e. The summed E-state index contributed by atoms with van der Waals surface area (Å²) < 4.78 is 37.3. The Kier molecular flexibility index (Phi) is 2.92. The smallest absolute Gasteiger partial charge is 0.270 e. The van der Waals surface area contributed by atoms with Crippen LogP contribution in [-0.4, -0.2) is 4.98 Å². The molecule has 74 valence electrons. The maximum Gasteiger partial charge on any atom is 0.270 e. The van der Waals surface area contributed by atoms with Crippen LogP contribution in [0, 0.1) is 17.3 Å². The van der Waals surface area contributed by atoms with E-state index in [9.17, 15) is 13.2 Å². The van der Waals surface area contributed by atoms with Crippen LogP contribution in [0.2, 0.25) is 0 Å². The number of hydrogen-bond acceptors (Lipinski definition) is 3. The second-order valence-corrected chi connectivity index (χ2v) is 2.54. The van der Waals surface area contributed by atoms with Gasteiger partial charge in [-0.05, 0) is 6.07 Å². The van der Waals surface area contributed by atoms with E-state index >= 15 is 0 Å². The van der Waals surface area contributed by atoms with Crippen molar-refractivity contribution in [1.82, 2.24) is 4.98 Å². The molecule has 2 N–H and O–H groups in total. The molecular formula is C8H6F3N3. The van der Waals surface area contributed by atoms with E-state index in [1.165, 1.54) is 0 Å². The third-order valence-corrected chi connectivity index (χ3v) is 1.58. The molecule has 0 saturated carbocycles. The minimum absolute atomic E-state index is 0.0481. The molecule has 1 rings (SSSR count). The zero-order chi connectivity index (χ0) is 10.7. The number of hydrogen-bond donors (Lipinski definition) is 1. The van der Waals surface area contributed by atoms with E-state index in [0.717, 1.165) is 6.07 Å². The summed E-state index contributed by atoms with van der Waals surface area (Å²) in [6, 6.07) is 2.79. The van der Waals surface area contributed by atoms with Crippen molar-refractivity contribution in [3.63, 3.8) is 0 Å². The Bertz CT molecular complexity index is 361. The van der Waals surface area contributed by atoms with Crippen molar-refractivity contribution in [2.24, 2.45) is 0 Å². The van der Waals surface area contributed by atoms with Gasteiger partial charge >= 0.3 is 0 Å². The molecule has 0 unspecified atom stereocenters. The summed E-state index contributed by atoms with van der Waals surface area (Å²) in [6.07, 6.45) is -3.16. The largest absolute Gasteiger partial charge is 0.398 e. The Morgan fingerprint density at radius 2 is 2.21 bits per heavy atom. The summed E-state index contributed by atoms with van der Waals surface area (Å²) in [6.45, 7) is 0. The first kappa shape index (κ1) is 10.3. The summed E-state index contributed by atoms with van der Waals surface area (Å²) in [7, 11) is 0. The zero-order valence-electron chi connectivity index (χ0n) is 6.97. The van der Waals surface area contributed by atoms with E-state index in [1.807, 2.05) is 0 Å². The highest BCUT2D eigenvalue weighted by Crippen LogP contribution is 2.27. The molecule has 1 aromatic heterocycles. The van der Waals surface area contributed by atoms with Gasteiger partial charge in [-0.2, -0.15) is 9.65 Å².